The van der Waals surface area contributed by atoms with Crippen molar-refractivity contribution in [2.75, 3.05) is 0 Å². The number of hydrogen-bond acceptors (Lipinski definition) is 1. The van der Waals surface area contributed by atoms with Gasteiger partial charge in [0, 0.05) is 45.9 Å². The molecule has 0 atom stereocenters. The second-order valence-corrected chi connectivity index (χ2v) is 6.71. The van der Waals surface area contributed by atoms with E-state index in [-0.39, 0.29) is 21.1 Å². The van der Waals surface area contributed by atoms with Gasteiger partial charge in [0.25, 0.3) is 6.33 Å². The van der Waals surface area contributed by atoms with Gasteiger partial charge in [-0.05, 0) is 28.6 Å². The zero-order chi connectivity index (χ0) is 20.2. The van der Waals surface area contributed by atoms with Crippen LogP contribution in [0.15, 0.2) is 110 Å². The van der Waals surface area contributed by atoms with Crippen LogP contribution in [0.5, 0.6) is 0 Å². The van der Waals surface area contributed by atoms with Crippen LogP contribution in [-0.4, -0.2) is 9.55 Å². The summed E-state index contributed by atoms with van der Waals surface area (Å²) in [6.07, 6.45) is 10.8. The van der Waals surface area contributed by atoms with Gasteiger partial charge in [0.1, 0.15) is 0 Å². The maximum Gasteiger partial charge on any atom is 0.267 e. The molecular formula is C26H18N4Pt-2. The molecule has 0 amide bonds. The van der Waals surface area contributed by atoms with Crippen LogP contribution in [0.25, 0.3) is 33.2 Å². The molecule has 6 rings (SSSR count). The normalized spacial score (nSPS) is 10.3. The Kier molecular flexibility index (Phi) is 6.39. The standard InChI is InChI=1S/C21H13N3.C5H5N.Pt/c1-2-7-16(8-3-1)23-13-14-24(15-23)20-12-6-10-18-17-9-4-5-11-19(17)22-21(18)20;1-2-4-6-5-3-1;/h1-7,9-14H;1-5H;/q-2;;. The first kappa shape index (κ1) is 20.8. The number of aromatic nitrogens is 4. The Morgan fingerprint density at radius 2 is 1.61 bits per heavy atom. The fourth-order valence-corrected chi connectivity index (χ4v) is 3.41. The maximum atomic E-state index is 4.82. The molecule has 3 heterocycles. The van der Waals surface area contributed by atoms with Crippen molar-refractivity contribution in [3.63, 3.8) is 0 Å². The molecule has 0 N–H and O–H groups in total. The molecule has 0 bridgehead atoms. The van der Waals surface area contributed by atoms with Gasteiger partial charge >= 0.3 is 0 Å². The van der Waals surface area contributed by atoms with Gasteiger partial charge in [0.05, 0.1) is 5.69 Å². The predicted molar refractivity (Wildman–Crippen MR) is 118 cm³/mol. The molecule has 0 unspecified atom stereocenters. The van der Waals surface area contributed by atoms with Gasteiger partial charge in [-0.15, -0.1) is 11.0 Å². The van der Waals surface area contributed by atoms with Gasteiger partial charge in [-0.3, -0.25) is 4.98 Å². The summed E-state index contributed by atoms with van der Waals surface area (Å²) in [5, 5.41) is 2.36. The summed E-state index contributed by atoms with van der Waals surface area (Å²) in [5.74, 6) is 0. The Morgan fingerprint density at radius 3 is 2.35 bits per heavy atom. The summed E-state index contributed by atoms with van der Waals surface area (Å²) in [6, 6.07) is 31.3. The van der Waals surface area contributed by atoms with E-state index in [1.54, 1.807) is 12.4 Å². The van der Waals surface area contributed by atoms with Crippen molar-refractivity contribution in [3.8, 4) is 11.4 Å². The molecule has 6 aromatic rings. The first-order valence-electron chi connectivity index (χ1n) is 9.69. The fraction of sp³-hybridized carbons (Fsp3) is 0. The maximum absolute atomic E-state index is 4.82. The molecule has 3 aromatic heterocycles. The van der Waals surface area contributed by atoms with Gasteiger partial charge in [0.2, 0.25) is 0 Å². The zero-order valence-corrected chi connectivity index (χ0v) is 18.8. The van der Waals surface area contributed by atoms with E-state index in [0.717, 1.165) is 22.4 Å². The third-order valence-corrected chi connectivity index (χ3v) is 4.80. The summed E-state index contributed by atoms with van der Waals surface area (Å²) >= 11 is 0. The zero-order valence-electron chi connectivity index (χ0n) is 16.5. The molecule has 0 spiro atoms. The summed E-state index contributed by atoms with van der Waals surface area (Å²) in [6.45, 7) is 0. The number of para-hydroxylation sites is 3. The van der Waals surface area contributed by atoms with Crippen molar-refractivity contribution in [1.29, 1.82) is 0 Å². The Balaban J connectivity index is 0.000000288. The first-order chi connectivity index (χ1) is 14.9. The van der Waals surface area contributed by atoms with Crippen LogP contribution in [0.1, 0.15) is 0 Å². The fourth-order valence-electron chi connectivity index (χ4n) is 3.41. The molecule has 0 fully saturated rings. The Labute approximate surface area is 195 Å². The number of fused-ring (bicyclic) bond motifs is 3. The topological polar surface area (TPSA) is 35.8 Å². The quantitative estimate of drug-likeness (QED) is 0.220. The van der Waals surface area contributed by atoms with E-state index in [9.17, 15) is 0 Å². The molecular weight excluding hydrogens is 563 g/mol. The summed E-state index contributed by atoms with van der Waals surface area (Å²) < 4.78 is 3.91. The van der Waals surface area contributed by atoms with E-state index in [1.165, 1.54) is 10.8 Å². The van der Waals surface area contributed by atoms with Crippen molar-refractivity contribution < 1.29 is 25.6 Å². The third kappa shape index (κ3) is 4.35. The van der Waals surface area contributed by atoms with Crippen molar-refractivity contribution in [3.05, 3.63) is 122 Å². The minimum Gasteiger partial charge on any atom is -0.660 e. The van der Waals surface area contributed by atoms with Gasteiger partial charge in [-0.1, -0.05) is 48.5 Å². The van der Waals surface area contributed by atoms with E-state index >= 15 is 0 Å². The Hall–Kier alpha value is -3.49. The summed E-state index contributed by atoms with van der Waals surface area (Å²) in [7, 11) is 0. The molecule has 0 aliphatic carbocycles. The number of rotatable bonds is 2. The molecule has 3 aromatic carbocycles. The SMILES string of the molecule is [Pt].[c-]1ccccc1-n1[c-][n+](-c2cccc3c2[n-]c2ccccc23)cc1.c1ccncc1. The van der Waals surface area contributed by atoms with Crippen molar-refractivity contribution >= 4 is 21.8 Å². The summed E-state index contributed by atoms with van der Waals surface area (Å²) in [4.78, 5) is 8.60. The van der Waals surface area contributed by atoms with Crippen LogP contribution in [0, 0.1) is 12.4 Å². The van der Waals surface area contributed by atoms with Crippen LogP contribution in [0.3, 0.4) is 0 Å². The number of pyridine rings is 1. The average Bonchev–Trinajstić information content (AvgIpc) is 3.46. The molecule has 5 heteroatoms. The van der Waals surface area contributed by atoms with Gasteiger partial charge in [-0.25, -0.2) is 0 Å². The number of hydrogen-bond donors (Lipinski definition) is 0. The van der Waals surface area contributed by atoms with Crippen molar-refractivity contribution in [1.82, 2.24) is 14.5 Å². The van der Waals surface area contributed by atoms with Gasteiger partial charge in [-0.2, -0.15) is 30.3 Å². The third-order valence-electron chi connectivity index (χ3n) is 4.80. The second kappa shape index (κ2) is 9.55. The summed E-state index contributed by atoms with van der Waals surface area (Å²) in [5.41, 5.74) is 4.01. The molecule has 31 heavy (non-hydrogen) atoms. The minimum atomic E-state index is 0. The predicted octanol–water partition coefficient (Wildman–Crippen LogP) is 4.70. The first-order valence-corrected chi connectivity index (χ1v) is 9.69. The molecule has 0 radical (unpaired) electrons. The number of nitrogens with zero attached hydrogens (tertiary/aromatic N) is 4. The molecule has 0 saturated heterocycles. The smallest absolute Gasteiger partial charge is 0.267 e. The monoisotopic (exact) mass is 581 g/mol. The Bertz CT molecular complexity index is 1360. The Morgan fingerprint density at radius 1 is 0.806 bits per heavy atom. The van der Waals surface area contributed by atoms with Crippen molar-refractivity contribution in [2.24, 2.45) is 0 Å². The van der Waals surface area contributed by atoms with Gasteiger partial charge in [0.15, 0.2) is 0 Å². The average molecular weight is 582 g/mol. The largest absolute Gasteiger partial charge is 0.660 e. The molecule has 0 saturated carbocycles. The van der Waals surface area contributed by atoms with Crippen LogP contribution in [0.4, 0.5) is 0 Å². The number of benzene rings is 3. The van der Waals surface area contributed by atoms with E-state index in [0.29, 0.717) is 0 Å². The van der Waals surface area contributed by atoms with Crippen LogP contribution in [0.2, 0.25) is 0 Å². The molecule has 154 valence electrons. The minimum absolute atomic E-state index is 0. The number of imidazole rings is 1. The molecule has 4 nitrogen and oxygen atoms in total. The van der Waals surface area contributed by atoms with Crippen LogP contribution < -0.4 is 9.55 Å². The van der Waals surface area contributed by atoms with Gasteiger partial charge < -0.3 is 14.1 Å². The van der Waals surface area contributed by atoms with Crippen LogP contribution in [-0.2, 0) is 21.1 Å². The van der Waals surface area contributed by atoms with Crippen LogP contribution >= 0.6 is 0 Å². The van der Waals surface area contributed by atoms with Crippen molar-refractivity contribution in [2.45, 2.75) is 0 Å². The van der Waals surface area contributed by atoms with E-state index in [2.05, 4.69) is 53.8 Å². The van der Waals surface area contributed by atoms with E-state index in [1.807, 2.05) is 70.1 Å². The molecule has 0 aliphatic heterocycles. The second-order valence-electron chi connectivity index (χ2n) is 6.71. The van der Waals surface area contributed by atoms with E-state index in [4.69, 9.17) is 4.98 Å². The molecule has 0 aliphatic rings. The van der Waals surface area contributed by atoms with E-state index < -0.39 is 0 Å².